The topological polar surface area (TPSA) is 70.4 Å². The number of carbonyl (C=O) groups excluding carboxylic acids is 1. The molecule has 2 aromatic carbocycles. The molecule has 1 fully saturated rings. The molecule has 1 aliphatic heterocycles. The van der Waals surface area contributed by atoms with Gasteiger partial charge in [-0.05, 0) is 54.5 Å². The Labute approximate surface area is 216 Å². The van der Waals surface area contributed by atoms with Gasteiger partial charge >= 0.3 is 0 Å². The van der Waals surface area contributed by atoms with Gasteiger partial charge in [0.15, 0.2) is 5.11 Å². The van der Waals surface area contributed by atoms with E-state index in [1.54, 1.807) is 6.20 Å². The third-order valence-corrected chi connectivity index (χ3v) is 6.78. The number of carbonyl (C=O) groups is 1. The van der Waals surface area contributed by atoms with Crippen LogP contribution in [0.25, 0.3) is 11.3 Å². The molecule has 0 spiro atoms. The van der Waals surface area contributed by atoms with Gasteiger partial charge in [-0.3, -0.25) is 9.78 Å². The molecule has 182 valence electrons. The summed E-state index contributed by atoms with van der Waals surface area (Å²) >= 11 is 5.73. The van der Waals surface area contributed by atoms with Crippen molar-refractivity contribution in [1.29, 1.82) is 0 Å². The lowest BCUT2D eigenvalue weighted by molar-refractivity contribution is -0.116. The number of furan rings is 1. The Hall–Kier alpha value is -3.97. The van der Waals surface area contributed by atoms with Crippen LogP contribution in [0.3, 0.4) is 0 Å². The lowest BCUT2D eigenvalue weighted by Crippen LogP contribution is -2.32. The van der Waals surface area contributed by atoms with Crippen LogP contribution < -0.4 is 10.6 Å². The molecule has 5 rings (SSSR count). The first-order chi connectivity index (χ1) is 17.6. The second-order valence-corrected chi connectivity index (χ2v) is 9.08. The third kappa shape index (κ3) is 5.02. The van der Waals surface area contributed by atoms with Gasteiger partial charge in [0, 0.05) is 30.4 Å². The van der Waals surface area contributed by atoms with E-state index in [2.05, 4.69) is 22.5 Å². The largest absolute Gasteiger partial charge is 0.459 e. The summed E-state index contributed by atoms with van der Waals surface area (Å²) in [6.07, 6.45) is 2.92. The van der Waals surface area contributed by atoms with E-state index in [4.69, 9.17) is 16.6 Å². The summed E-state index contributed by atoms with van der Waals surface area (Å²) in [7, 11) is 0. The van der Waals surface area contributed by atoms with Crippen LogP contribution in [0.15, 0.2) is 95.5 Å². The van der Waals surface area contributed by atoms with E-state index in [9.17, 15) is 4.79 Å². The zero-order chi connectivity index (χ0) is 24.9. The summed E-state index contributed by atoms with van der Waals surface area (Å²) in [6, 6.07) is 27.3. The molecule has 0 unspecified atom stereocenters. The number of hydrogen-bond acceptors (Lipinski definition) is 4. The molecule has 36 heavy (non-hydrogen) atoms. The predicted octanol–water partition coefficient (Wildman–Crippen LogP) is 5.91. The zero-order valence-corrected chi connectivity index (χ0v) is 20.9. The lowest BCUT2D eigenvalue weighted by atomic mass is 10.0. The first kappa shape index (κ1) is 23.8. The molecule has 4 aromatic rings. The predicted molar refractivity (Wildman–Crippen MR) is 145 cm³/mol. The molecule has 1 amide bonds. The molecule has 7 heteroatoms. The number of benzene rings is 2. The number of anilines is 1. The van der Waals surface area contributed by atoms with Crippen molar-refractivity contribution in [3.63, 3.8) is 0 Å². The summed E-state index contributed by atoms with van der Waals surface area (Å²) in [5.74, 6) is 1.51. The van der Waals surface area contributed by atoms with Crippen molar-refractivity contribution in [2.75, 3.05) is 11.9 Å². The second kappa shape index (κ2) is 10.7. The number of rotatable bonds is 8. The van der Waals surface area contributed by atoms with Gasteiger partial charge in [0.2, 0.25) is 5.91 Å². The molecule has 0 saturated carbocycles. The fourth-order valence-electron chi connectivity index (χ4n) is 4.61. The van der Waals surface area contributed by atoms with Crippen LogP contribution in [0.5, 0.6) is 0 Å². The Bertz CT molecular complexity index is 1340. The molecule has 0 bridgehead atoms. The molecule has 1 saturated heterocycles. The molecule has 0 radical (unpaired) electrons. The standard InChI is InChI=1S/C29H28N4O2S/c1-2-20-10-6-7-13-22(20)31-26(34)17-19-33-28(27(32-29(33)36)23-14-8-9-18-30-23)25-16-15-24(35-25)21-11-4-3-5-12-21/h3-16,18,27-28H,2,17,19H2,1H3,(H,31,34)(H,32,36)/t27-,28-/m0/s1. The summed E-state index contributed by atoms with van der Waals surface area (Å²) < 4.78 is 6.35. The molecule has 1 aliphatic rings. The highest BCUT2D eigenvalue weighted by molar-refractivity contribution is 7.80. The maximum Gasteiger partial charge on any atom is 0.226 e. The van der Waals surface area contributed by atoms with E-state index >= 15 is 0 Å². The van der Waals surface area contributed by atoms with Crippen molar-refractivity contribution in [1.82, 2.24) is 15.2 Å². The van der Waals surface area contributed by atoms with Gasteiger partial charge in [-0.2, -0.15) is 0 Å². The van der Waals surface area contributed by atoms with Gasteiger partial charge in [0.05, 0.1) is 11.7 Å². The normalized spacial score (nSPS) is 17.1. The summed E-state index contributed by atoms with van der Waals surface area (Å²) in [4.78, 5) is 19.5. The number of nitrogens with one attached hydrogen (secondary N) is 2. The minimum absolute atomic E-state index is 0.0526. The number of pyridine rings is 1. The van der Waals surface area contributed by atoms with Crippen molar-refractivity contribution in [2.45, 2.75) is 31.8 Å². The van der Waals surface area contributed by atoms with Crippen molar-refractivity contribution >= 4 is 28.9 Å². The molecule has 2 atom stereocenters. The smallest absolute Gasteiger partial charge is 0.226 e. The van der Waals surface area contributed by atoms with Crippen molar-refractivity contribution in [2.24, 2.45) is 0 Å². The average Bonchev–Trinajstić information content (AvgIpc) is 3.53. The minimum Gasteiger partial charge on any atom is -0.459 e. The van der Waals surface area contributed by atoms with E-state index in [0.717, 1.165) is 40.4 Å². The molecular weight excluding hydrogens is 468 g/mol. The Balaban J connectivity index is 1.39. The zero-order valence-electron chi connectivity index (χ0n) is 20.1. The van der Waals surface area contributed by atoms with Crippen molar-refractivity contribution < 1.29 is 9.21 Å². The van der Waals surface area contributed by atoms with Crippen LogP contribution in [-0.4, -0.2) is 27.4 Å². The molecule has 0 aliphatic carbocycles. The number of para-hydroxylation sites is 1. The van der Waals surface area contributed by atoms with Crippen LogP contribution in [0.4, 0.5) is 5.69 Å². The Morgan fingerprint density at radius 2 is 1.81 bits per heavy atom. The molecule has 2 aromatic heterocycles. The first-order valence-corrected chi connectivity index (χ1v) is 12.6. The van der Waals surface area contributed by atoms with Crippen LogP contribution in [0, 0.1) is 0 Å². The summed E-state index contributed by atoms with van der Waals surface area (Å²) in [6.45, 7) is 2.52. The maximum absolute atomic E-state index is 12.9. The third-order valence-electron chi connectivity index (χ3n) is 6.43. The second-order valence-electron chi connectivity index (χ2n) is 8.70. The van der Waals surface area contributed by atoms with Crippen molar-refractivity contribution in [3.05, 3.63) is 108 Å². The van der Waals surface area contributed by atoms with Crippen LogP contribution >= 0.6 is 12.2 Å². The average molecular weight is 497 g/mol. The van der Waals surface area contributed by atoms with E-state index in [1.807, 2.05) is 89.8 Å². The lowest BCUT2D eigenvalue weighted by Gasteiger charge is -2.26. The van der Waals surface area contributed by atoms with Crippen LogP contribution in [0.2, 0.25) is 0 Å². The van der Waals surface area contributed by atoms with Gasteiger partial charge in [-0.25, -0.2) is 0 Å². The van der Waals surface area contributed by atoms with E-state index in [1.165, 1.54) is 0 Å². The van der Waals surface area contributed by atoms with Gasteiger partial charge < -0.3 is 20.0 Å². The Morgan fingerprint density at radius 1 is 1.03 bits per heavy atom. The van der Waals surface area contributed by atoms with Crippen molar-refractivity contribution in [3.8, 4) is 11.3 Å². The minimum atomic E-state index is -0.236. The van der Waals surface area contributed by atoms with Gasteiger partial charge in [0.1, 0.15) is 17.6 Å². The highest BCUT2D eigenvalue weighted by atomic mass is 32.1. The van der Waals surface area contributed by atoms with Gasteiger partial charge in [-0.15, -0.1) is 0 Å². The van der Waals surface area contributed by atoms with E-state index in [0.29, 0.717) is 11.7 Å². The quantitative estimate of drug-likeness (QED) is 0.296. The van der Waals surface area contributed by atoms with Crippen LogP contribution in [-0.2, 0) is 11.2 Å². The Morgan fingerprint density at radius 3 is 2.58 bits per heavy atom. The SMILES string of the molecule is CCc1ccccc1NC(=O)CCN1C(=S)N[C@@H](c2ccccn2)[C@@H]1c1ccc(-c2ccccc2)o1. The van der Waals surface area contributed by atoms with E-state index in [-0.39, 0.29) is 24.4 Å². The van der Waals surface area contributed by atoms with Gasteiger partial charge in [0.25, 0.3) is 0 Å². The number of thiocarbonyl (C=S) groups is 1. The number of hydrogen-bond donors (Lipinski definition) is 2. The monoisotopic (exact) mass is 496 g/mol. The summed E-state index contributed by atoms with van der Waals surface area (Å²) in [5.41, 5.74) is 3.84. The molecule has 6 nitrogen and oxygen atoms in total. The highest BCUT2D eigenvalue weighted by Crippen LogP contribution is 2.40. The summed E-state index contributed by atoms with van der Waals surface area (Å²) in [5, 5.41) is 7.05. The molecule has 2 N–H and O–H groups in total. The van der Waals surface area contributed by atoms with E-state index < -0.39 is 0 Å². The number of aromatic nitrogens is 1. The maximum atomic E-state index is 12.9. The fourth-order valence-corrected chi connectivity index (χ4v) is 4.94. The van der Waals surface area contributed by atoms with Gasteiger partial charge in [-0.1, -0.05) is 61.5 Å². The number of aryl methyl sites for hydroxylation is 1. The number of nitrogens with zero attached hydrogens (tertiary/aromatic N) is 2. The van der Waals surface area contributed by atoms with Crippen LogP contribution in [0.1, 0.15) is 42.4 Å². The molecule has 3 heterocycles. The number of amides is 1. The molecular formula is C29H28N4O2S. The Kier molecular flexibility index (Phi) is 7.09. The first-order valence-electron chi connectivity index (χ1n) is 12.1. The fraction of sp³-hybridized carbons (Fsp3) is 0.207. The highest BCUT2D eigenvalue weighted by Gasteiger charge is 2.41.